The number of hydrogen-bond acceptors (Lipinski definition) is 6. The highest BCUT2D eigenvalue weighted by molar-refractivity contribution is 7.13. The van der Waals surface area contributed by atoms with E-state index in [1.807, 2.05) is 28.5 Å². The summed E-state index contributed by atoms with van der Waals surface area (Å²) in [6.07, 6.45) is 0.238. The van der Waals surface area contributed by atoms with E-state index in [1.165, 1.54) is 16.9 Å². The molecule has 1 aromatic heterocycles. The third-order valence-electron chi connectivity index (χ3n) is 6.08. The molecule has 4 rings (SSSR count). The van der Waals surface area contributed by atoms with Gasteiger partial charge >= 0.3 is 6.03 Å². The van der Waals surface area contributed by atoms with Crippen LogP contribution in [0.15, 0.2) is 35.7 Å². The Balaban J connectivity index is 1.20. The summed E-state index contributed by atoms with van der Waals surface area (Å²) in [4.78, 5) is 48.8. The summed E-state index contributed by atoms with van der Waals surface area (Å²) in [6, 6.07) is 10.2. The lowest BCUT2D eigenvalue weighted by Gasteiger charge is -2.34. The van der Waals surface area contributed by atoms with Crippen LogP contribution in [0.5, 0.6) is 0 Å². The monoisotopic (exact) mass is 470 g/mol. The second-order valence-corrected chi connectivity index (χ2v) is 9.24. The number of urea groups is 1. The minimum Gasteiger partial charge on any atom is -0.340 e. The van der Waals surface area contributed by atoms with Gasteiger partial charge in [0.05, 0.1) is 12.1 Å². The van der Waals surface area contributed by atoms with E-state index >= 15 is 0 Å². The van der Waals surface area contributed by atoms with Crippen molar-refractivity contribution in [2.45, 2.75) is 19.9 Å². The molecule has 0 radical (unpaired) electrons. The van der Waals surface area contributed by atoms with Crippen molar-refractivity contribution in [3.05, 3.63) is 47.0 Å². The molecule has 10 heteroatoms. The number of aromatic nitrogens is 1. The summed E-state index contributed by atoms with van der Waals surface area (Å²) in [7, 11) is 0. The van der Waals surface area contributed by atoms with Crippen LogP contribution in [-0.4, -0.2) is 94.8 Å². The summed E-state index contributed by atoms with van der Waals surface area (Å²) in [5, 5.41) is 5.13. The number of carbonyl (C=O) groups excluding carboxylic acids is 3. The summed E-state index contributed by atoms with van der Waals surface area (Å²) >= 11 is 1.32. The van der Waals surface area contributed by atoms with Crippen molar-refractivity contribution in [1.29, 1.82) is 0 Å². The van der Waals surface area contributed by atoms with Crippen molar-refractivity contribution in [3.63, 3.8) is 0 Å². The van der Waals surface area contributed by atoms with Crippen molar-refractivity contribution in [3.8, 4) is 0 Å². The third kappa shape index (κ3) is 6.29. The fourth-order valence-electron chi connectivity index (χ4n) is 4.10. The molecular formula is C23H30N6O3S. The van der Waals surface area contributed by atoms with Gasteiger partial charge in [0.1, 0.15) is 0 Å². The number of nitrogens with zero attached hydrogens (tertiary/aromatic N) is 5. The maximum atomic E-state index is 12.7. The number of piperazine rings is 2. The van der Waals surface area contributed by atoms with E-state index in [4.69, 9.17) is 0 Å². The molecule has 0 bridgehead atoms. The van der Waals surface area contributed by atoms with Crippen molar-refractivity contribution in [1.82, 2.24) is 24.6 Å². The molecule has 0 saturated carbocycles. The van der Waals surface area contributed by atoms with Gasteiger partial charge in [-0.2, -0.15) is 0 Å². The highest BCUT2D eigenvalue weighted by atomic mass is 32.1. The van der Waals surface area contributed by atoms with Crippen molar-refractivity contribution in [2.24, 2.45) is 0 Å². The fraction of sp³-hybridized carbons (Fsp3) is 0.478. The van der Waals surface area contributed by atoms with Crippen LogP contribution in [0.25, 0.3) is 0 Å². The summed E-state index contributed by atoms with van der Waals surface area (Å²) in [6.45, 7) is 7.67. The first-order chi connectivity index (χ1) is 16.0. The molecule has 0 atom stereocenters. The maximum Gasteiger partial charge on any atom is 0.323 e. The Morgan fingerprint density at radius 3 is 2.21 bits per heavy atom. The third-order valence-corrected chi connectivity index (χ3v) is 6.89. The van der Waals surface area contributed by atoms with Crippen LogP contribution in [0.1, 0.15) is 18.2 Å². The first-order valence-corrected chi connectivity index (χ1v) is 12.2. The number of thiazole rings is 1. The normalized spacial score (nSPS) is 17.2. The van der Waals surface area contributed by atoms with E-state index in [0.29, 0.717) is 50.1 Å². The van der Waals surface area contributed by atoms with E-state index in [0.717, 1.165) is 19.6 Å². The molecule has 0 aliphatic carbocycles. The van der Waals surface area contributed by atoms with Crippen LogP contribution in [0.2, 0.25) is 0 Å². The molecule has 3 heterocycles. The molecule has 0 spiro atoms. The van der Waals surface area contributed by atoms with Crippen molar-refractivity contribution < 1.29 is 14.4 Å². The highest BCUT2D eigenvalue weighted by Gasteiger charge is 2.24. The van der Waals surface area contributed by atoms with Crippen LogP contribution < -0.4 is 5.32 Å². The Morgan fingerprint density at radius 1 is 0.909 bits per heavy atom. The van der Waals surface area contributed by atoms with Crippen LogP contribution in [0.3, 0.4) is 0 Å². The molecule has 33 heavy (non-hydrogen) atoms. The molecular weight excluding hydrogens is 440 g/mol. The molecule has 2 aromatic rings. The number of anilines is 1. The predicted octanol–water partition coefficient (Wildman–Crippen LogP) is 1.73. The van der Waals surface area contributed by atoms with Crippen LogP contribution in [-0.2, 0) is 22.6 Å². The summed E-state index contributed by atoms with van der Waals surface area (Å²) in [5.41, 5.74) is 1.96. The lowest BCUT2D eigenvalue weighted by molar-refractivity contribution is -0.132. The van der Waals surface area contributed by atoms with E-state index < -0.39 is 0 Å². The van der Waals surface area contributed by atoms with E-state index in [9.17, 15) is 14.4 Å². The number of rotatable bonds is 5. The average Bonchev–Trinajstić information content (AvgIpc) is 3.26. The van der Waals surface area contributed by atoms with Gasteiger partial charge in [0.15, 0.2) is 5.13 Å². The number of nitrogens with one attached hydrogen (secondary N) is 1. The van der Waals surface area contributed by atoms with Crippen molar-refractivity contribution in [2.75, 3.05) is 57.7 Å². The Bertz CT molecular complexity index is 966. The molecule has 1 aromatic carbocycles. The Hall–Kier alpha value is -2.98. The van der Waals surface area contributed by atoms with Gasteiger partial charge in [-0.1, -0.05) is 30.3 Å². The fourth-order valence-corrected chi connectivity index (χ4v) is 4.80. The highest BCUT2D eigenvalue weighted by Crippen LogP contribution is 2.18. The minimum absolute atomic E-state index is 0.0295. The predicted molar refractivity (Wildman–Crippen MR) is 127 cm³/mol. The van der Waals surface area contributed by atoms with Gasteiger partial charge in [-0.25, -0.2) is 9.78 Å². The summed E-state index contributed by atoms with van der Waals surface area (Å²) < 4.78 is 0. The number of carbonyl (C=O) groups is 3. The number of benzene rings is 1. The van der Waals surface area contributed by atoms with Crippen LogP contribution in [0, 0.1) is 0 Å². The van der Waals surface area contributed by atoms with Gasteiger partial charge in [-0.15, -0.1) is 11.3 Å². The topological polar surface area (TPSA) is 89.1 Å². The lowest BCUT2D eigenvalue weighted by atomic mass is 10.2. The van der Waals surface area contributed by atoms with Gasteiger partial charge in [-0.05, 0) is 5.56 Å². The Labute approximate surface area is 198 Å². The van der Waals surface area contributed by atoms with Crippen LogP contribution in [0.4, 0.5) is 9.93 Å². The first kappa shape index (κ1) is 23.2. The van der Waals surface area contributed by atoms with Gasteiger partial charge in [0.25, 0.3) is 0 Å². The molecule has 0 unspecified atom stereocenters. The van der Waals surface area contributed by atoms with Gasteiger partial charge < -0.3 is 14.7 Å². The zero-order valence-electron chi connectivity index (χ0n) is 18.9. The molecule has 4 amide bonds. The van der Waals surface area contributed by atoms with Gasteiger partial charge in [0.2, 0.25) is 11.8 Å². The van der Waals surface area contributed by atoms with Gasteiger partial charge in [0, 0.05) is 71.2 Å². The van der Waals surface area contributed by atoms with Gasteiger partial charge in [-0.3, -0.25) is 19.8 Å². The van der Waals surface area contributed by atoms with E-state index in [1.54, 1.807) is 16.7 Å². The van der Waals surface area contributed by atoms with Crippen LogP contribution >= 0.6 is 11.3 Å². The lowest BCUT2D eigenvalue weighted by Crippen LogP contribution is -2.51. The number of amides is 4. The molecule has 2 saturated heterocycles. The molecule has 2 aliphatic heterocycles. The molecule has 9 nitrogen and oxygen atoms in total. The standard InChI is InChI=1S/C23H30N6O3S/c1-18(30)27-11-13-29(14-12-27)23(32)25-22-24-20(17-33-22)15-21(31)28-9-7-26(8-10-28)16-19-5-3-2-4-6-19/h2-6,17H,7-16H2,1H3,(H,24,25,32). The first-order valence-electron chi connectivity index (χ1n) is 11.3. The second-order valence-electron chi connectivity index (χ2n) is 8.39. The Morgan fingerprint density at radius 2 is 1.55 bits per heavy atom. The number of hydrogen-bond donors (Lipinski definition) is 1. The molecule has 2 fully saturated rings. The molecule has 176 valence electrons. The smallest absolute Gasteiger partial charge is 0.323 e. The zero-order chi connectivity index (χ0) is 23.2. The van der Waals surface area contributed by atoms with E-state index in [2.05, 4.69) is 27.3 Å². The maximum absolute atomic E-state index is 12.7. The average molecular weight is 471 g/mol. The minimum atomic E-state index is -0.222. The Kier molecular flexibility index (Phi) is 7.56. The summed E-state index contributed by atoms with van der Waals surface area (Å²) in [5.74, 6) is 0.0970. The zero-order valence-corrected chi connectivity index (χ0v) is 19.7. The second kappa shape index (κ2) is 10.8. The quantitative estimate of drug-likeness (QED) is 0.719. The van der Waals surface area contributed by atoms with Crippen molar-refractivity contribution >= 4 is 34.3 Å². The SMILES string of the molecule is CC(=O)N1CCN(C(=O)Nc2nc(CC(=O)N3CCN(Cc4ccccc4)CC3)cs2)CC1. The largest absolute Gasteiger partial charge is 0.340 e. The molecule has 1 N–H and O–H groups in total. The van der Waals surface area contributed by atoms with E-state index in [-0.39, 0.29) is 24.3 Å². The molecule has 2 aliphatic rings.